The average Bonchev–Trinajstić information content (AvgIpc) is 3.34. The highest BCUT2D eigenvalue weighted by atomic mass is 32.2. The fourth-order valence-corrected chi connectivity index (χ4v) is 4.81. The number of carbonyl (C=O) groups is 2. The molecule has 190 valence electrons. The van der Waals surface area contributed by atoms with Gasteiger partial charge in [0.05, 0.1) is 12.7 Å². The van der Waals surface area contributed by atoms with Gasteiger partial charge in [-0.1, -0.05) is 41.3 Å². The number of halogens is 3. The minimum Gasteiger partial charge on any atom is -0.497 e. The topological polar surface area (TPSA) is 93.2 Å². The van der Waals surface area contributed by atoms with Crippen LogP contribution >= 0.6 is 23.1 Å². The number of thioether (sulfide) groups is 1. The van der Waals surface area contributed by atoms with Gasteiger partial charge in [-0.3, -0.25) is 14.9 Å². The van der Waals surface area contributed by atoms with Crippen molar-refractivity contribution in [3.63, 3.8) is 0 Å². The highest BCUT2D eigenvalue weighted by Gasteiger charge is 2.30. The molecule has 4 rings (SSSR count). The number of nitrogens with zero attached hydrogens (tertiary/aromatic N) is 2. The molecule has 1 aromatic heterocycles. The lowest BCUT2D eigenvalue weighted by atomic mass is 10.1. The van der Waals surface area contributed by atoms with Crippen LogP contribution in [0.15, 0.2) is 77.1 Å². The van der Waals surface area contributed by atoms with Crippen LogP contribution in [0.5, 0.6) is 5.75 Å². The summed E-state index contributed by atoms with van der Waals surface area (Å²) in [5.41, 5.74) is 0.899. The van der Waals surface area contributed by atoms with Crippen LogP contribution in [0.2, 0.25) is 0 Å². The molecule has 0 aliphatic heterocycles. The Balaban J connectivity index is 1.29. The molecule has 0 bridgehead atoms. The van der Waals surface area contributed by atoms with E-state index in [9.17, 15) is 22.8 Å². The number of alkyl halides is 3. The summed E-state index contributed by atoms with van der Waals surface area (Å²) in [6, 6.07) is 17.8. The summed E-state index contributed by atoms with van der Waals surface area (Å²) < 4.78 is 44.4. The summed E-state index contributed by atoms with van der Waals surface area (Å²) in [6.45, 7) is 0. The van der Waals surface area contributed by atoms with Gasteiger partial charge in [0.1, 0.15) is 5.75 Å². The van der Waals surface area contributed by atoms with E-state index >= 15 is 0 Å². The van der Waals surface area contributed by atoms with Crippen LogP contribution in [0, 0.1) is 0 Å². The van der Waals surface area contributed by atoms with Crippen molar-refractivity contribution in [2.45, 2.75) is 16.3 Å². The van der Waals surface area contributed by atoms with E-state index in [0.29, 0.717) is 32.1 Å². The molecular formula is C25H19F3N4O3S2. The summed E-state index contributed by atoms with van der Waals surface area (Å²) in [5.74, 6) is 0.362. The van der Waals surface area contributed by atoms with Gasteiger partial charge in [-0.2, -0.15) is 13.2 Å². The van der Waals surface area contributed by atoms with Crippen LogP contribution in [0.25, 0.3) is 0 Å². The lowest BCUT2D eigenvalue weighted by Crippen LogP contribution is -2.13. The number of ether oxygens (including phenoxy) is 1. The summed E-state index contributed by atoms with van der Waals surface area (Å²) in [5, 5.41) is 13.6. The number of rotatable bonds is 8. The van der Waals surface area contributed by atoms with E-state index in [1.165, 1.54) is 35.2 Å². The van der Waals surface area contributed by atoms with Crippen molar-refractivity contribution in [1.82, 2.24) is 10.2 Å². The number of nitrogens with one attached hydrogen (secondary N) is 2. The molecule has 2 N–H and O–H groups in total. The molecule has 1 heterocycles. The molecule has 0 unspecified atom stereocenters. The van der Waals surface area contributed by atoms with Gasteiger partial charge in [-0.05, 0) is 60.2 Å². The maximum Gasteiger partial charge on any atom is 0.416 e. The largest absolute Gasteiger partial charge is 0.497 e. The standard InChI is InChI=1S/C25H19F3N4O3S2/c1-35-20-11-9-17(10-12-20)22(34)30-23-31-32-24(37-23)36-14-15-5-7-16(8-6-15)21(33)29-19-4-2-3-18(13-19)25(26,27)28/h2-13H,14H2,1H3,(H,29,33)(H,30,31,34). The quantitative estimate of drug-likeness (QED) is 0.198. The molecular weight excluding hydrogens is 525 g/mol. The first-order valence-electron chi connectivity index (χ1n) is 10.7. The van der Waals surface area contributed by atoms with Gasteiger partial charge < -0.3 is 10.1 Å². The number of carbonyl (C=O) groups excluding carboxylic acids is 2. The van der Waals surface area contributed by atoms with E-state index in [2.05, 4.69) is 20.8 Å². The van der Waals surface area contributed by atoms with E-state index in [0.717, 1.165) is 17.7 Å². The molecule has 2 amide bonds. The second kappa shape index (κ2) is 11.4. The second-order valence-corrected chi connectivity index (χ2v) is 9.77. The molecule has 0 saturated heterocycles. The Morgan fingerprint density at radius 1 is 0.919 bits per heavy atom. The van der Waals surface area contributed by atoms with Crippen molar-refractivity contribution in [3.8, 4) is 5.75 Å². The lowest BCUT2D eigenvalue weighted by molar-refractivity contribution is -0.137. The Bertz CT molecular complexity index is 1390. The molecule has 37 heavy (non-hydrogen) atoms. The fourth-order valence-electron chi connectivity index (χ4n) is 3.10. The van der Waals surface area contributed by atoms with E-state index in [1.807, 2.05) is 0 Å². The second-order valence-electron chi connectivity index (χ2n) is 7.57. The van der Waals surface area contributed by atoms with Crippen LogP contribution in [0.1, 0.15) is 31.8 Å². The molecule has 0 fully saturated rings. The zero-order valence-corrected chi connectivity index (χ0v) is 20.8. The van der Waals surface area contributed by atoms with E-state index < -0.39 is 17.6 Å². The predicted octanol–water partition coefficient (Wildman–Crippen LogP) is 6.36. The minimum absolute atomic E-state index is 0.0608. The Hall–Kier alpha value is -3.90. The number of benzene rings is 3. The van der Waals surface area contributed by atoms with E-state index in [4.69, 9.17) is 4.74 Å². The fraction of sp³-hybridized carbons (Fsp3) is 0.120. The van der Waals surface area contributed by atoms with Crippen molar-refractivity contribution in [2.24, 2.45) is 0 Å². The maximum absolute atomic E-state index is 12.9. The Kier molecular flexibility index (Phi) is 8.09. The monoisotopic (exact) mass is 544 g/mol. The van der Waals surface area contributed by atoms with Crippen LogP contribution in [-0.4, -0.2) is 29.1 Å². The van der Waals surface area contributed by atoms with Gasteiger partial charge in [-0.15, -0.1) is 10.2 Å². The number of methoxy groups -OCH3 is 1. The van der Waals surface area contributed by atoms with E-state index in [-0.39, 0.29) is 11.6 Å². The lowest BCUT2D eigenvalue weighted by Gasteiger charge is -2.10. The third-order valence-corrected chi connectivity index (χ3v) is 7.05. The summed E-state index contributed by atoms with van der Waals surface area (Å²) in [6.07, 6.45) is -4.49. The highest BCUT2D eigenvalue weighted by Crippen LogP contribution is 2.31. The Morgan fingerprint density at radius 2 is 1.57 bits per heavy atom. The smallest absolute Gasteiger partial charge is 0.416 e. The zero-order valence-electron chi connectivity index (χ0n) is 19.2. The molecule has 0 atom stereocenters. The van der Waals surface area contributed by atoms with E-state index in [1.54, 1.807) is 55.6 Å². The average molecular weight is 545 g/mol. The predicted molar refractivity (Wildman–Crippen MR) is 136 cm³/mol. The SMILES string of the molecule is COc1ccc(C(=O)Nc2nnc(SCc3ccc(C(=O)Nc4cccc(C(F)(F)F)c4)cc3)s2)cc1. The van der Waals surface area contributed by atoms with Gasteiger partial charge in [0, 0.05) is 22.6 Å². The van der Waals surface area contributed by atoms with Crippen LogP contribution in [0.4, 0.5) is 24.0 Å². The number of amides is 2. The summed E-state index contributed by atoms with van der Waals surface area (Å²) >= 11 is 2.65. The van der Waals surface area contributed by atoms with Gasteiger partial charge in [0.15, 0.2) is 4.34 Å². The molecule has 0 aliphatic rings. The van der Waals surface area contributed by atoms with Gasteiger partial charge in [-0.25, -0.2) is 0 Å². The van der Waals surface area contributed by atoms with Crippen molar-refractivity contribution in [3.05, 3.63) is 95.1 Å². The van der Waals surface area contributed by atoms with Gasteiger partial charge in [0.2, 0.25) is 5.13 Å². The summed E-state index contributed by atoms with van der Waals surface area (Å²) in [4.78, 5) is 24.8. The number of hydrogen-bond donors (Lipinski definition) is 2. The first-order chi connectivity index (χ1) is 17.7. The van der Waals surface area contributed by atoms with Crippen molar-refractivity contribution >= 4 is 45.7 Å². The molecule has 12 heteroatoms. The number of anilines is 2. The maximum atomic E-state index is 12.9. The molecule has 3 aromatic carbocycles. The molecule has 0 saturated carbocycles. The third-order valence-electron chi connectivity index (χ3n) is 5.01. The first kappa shape index (κ1) is 26.2. The molecule has 7 nitrogen and oxygen atoms in total. The highest BCUT2D eigenvalue weighted by molar-refractivity contribution is 8.00. The summed E-state index contributed by atoms with van der Waals surface area (Å²) in [7, 11) is 1.55. The minimum atomic E-state index is -4.49. The van der Waals surface area contributed by atoms with Gasteiger partial charge in [0.25, 0.3) is 11.8 Å². The van der Waals surface area contributed by atoms with Crippen molar-refractivity contribution < 1.29 is 27.5 Å². The van der Waals surface area contributed by atoms with Crippen LogP contribution in [-0.2, 0) is 11.9 Å². The molecule has 0 aliphatic carbocycles. The first-order valence-corrected chi connectivity index (χ1v) is 12.5. The third kappa shape index (κ3) is 7.08. The van der Waals surface area contributed by atoms with Crippen molar-refractivity contribution in [2.75, 3.05) is 17.7 Å². The van der Waals surface area contributed by atoms with Crippen LogP contribution < -0.4 is 15.4 Å². The number of aromatic nitrogens is 2. The zero-order chi connectivity index (χ0) is 26.4. The molecule has 0 spiro atoms. The normalized spacial score (nSPS) is 11.1. The van der Waals surface area contributed by atoms with Crippen molar-refractivity contribution in [1.29, 1.82) is 0 Å². The Morgan fingerprint density at radius 3 is 2.22 bits per heavy atom. The number of hydrogen-bond acceptors (Lipinski definition) is 7. The van der Waals surface area contributed by atoms with Crippen LogP contribution in [0.3, 0.4) is 0 Å². The molecule has 0 radical (unpaired) electrons. The van der Waals surface area contributed by atoms with Gasteiger partial charge >= 0.3 is 6.18 Å². The molecule has 4 aromatic rings. The Labute approximate surface area is 218 Å².